The Kier molecular flexibility index (Phi) is 4.83. The van der Waals surface area contributed by atoms with Crippen LogP contribution in [0.3, 0.4) is 0 Å². The minimum absolute atomic E-state index is 0.193. The van der Waals surface area contributed by atoms with Crippen molar-refractivity contribution in [2.75, 3.05) is 0 Å². The molecule has 1 unspecified atom stereocenters. The highest BCUT2D eigenvalue weighted by atomic mass is 16.4. The first-order chi connectivity index (χ1) is 10.5. The first-order valence-corrected chi connectivity index (χ1v) is 6.85. The molecule has 6 heteroatoms. The van der Waals surface area contributed by atoms with E-state index in [4.69, 9.17) is 5.11 Å². The van der Waals surface area contributed by atoms with Crippen LogP contribution in [0.2, 0.25) is 0 Å². The SMILES string of the molecule is Cc1ncc(C(=O)NC(CC(=O)O)c2ccccc2)c(C)n1. The Hall–Kier alpha value is -2.76. The van der Waals surface area contributed by atoms with E-state index in [0.29, 0.717) is 17.1 Å². The zero-order valence-corrected chi connectivity index (χ0v) is 12.4. The average molecular weight is 299 g/mol. The Bertz CT molecular complexity index is 686. The average Bonchev–Trinajstić information content (AvgIpc) is 2.46. The lowest BCUT2D eigenvalue weighted by atomic mass is 10.0. The number of carbonyl (C=O) groups is 2. The molecule has 22 heavy (non-hydrogen) atoms. The van der Waals surface area contributed by atoms with Crippen molar-refractivity contribution in [1.29, 1.82) is 0 Å². The highest BCUT2D eigenvalue weighted by Gasteiger charge is 2.20. The van der Waals surface area contributed by atoms with Crippen molar-refractivity contribution in [2.24, 2.45) is 0 Å². The quantitative estimate of drug-likeness (QED) is 0.881. The highest BCUT2D eigenvalue weighted by molar-refractivity contribution is 5.95. The van der Waals surface area contributed by atoms with Crippen LogP contribution in [0, 0.1) is 13.8 Å². The fraction of sp³-hybridized carbons (Fsp3) is 0.250. The van der Waals surface area contributed by atoms with Gasteiger partial charge in [0, 0.05) is 6.20 Å². The molecule has 0 aliphatic heterocycles. The number of benzene rings is 1. The lowest BCUT2D eigenvalue weighted by Gasteiger charge is -2.18. The van der Waals surface area contributed by atoms with Crippen LogP contribution in [0.4, 0.5) is 0 Å². The maximum absolute atomic E-state index is 12.4. The van der Waals surface area contributed by atoms with Gasteiger partial charge in [0.1, 0.15) is 5.82 Å². The second kappa shape index (κ2) is 6.80. The monoisotopic (exact) mass is 299 g/mol. The molecule has 0 saturated heterocycles. The van der Waals surface area contributed by atoms with Gasteiger partial charge in [-0.25, -0.2) is 9.97 Å². The zero-order chi connectivity index (χ0) is 16.1. The van der Waals surface area contributed by atoms with Gasteiger partial charge in [-0.2, -0.15) is 0 Å². The number of nitrogens with one attached hydrogen (secondary N) is 1. The van der Waals surface area contributed by atoms with Crippen LogP contribution in [-0.4, -0.2) is 27.0 Å². The van der Waals surface area contributed by atoms with Crippen LogP contribution in [0.15, 0.2) is 36.5 Å². The van der Waals surface area contributed by atoms with Gasteiger partial charge in [-0.3, -0.25) is 9.59 Å². The summed E-state index contributed by atoms with van der Waals surface area (Å²) in [6.45, 7) is 3.46. The normalized spacial score (nSPS) is 11.7. The number of hydrogen-bond acceptors (Lipinski definition) is 4. The topological polar surface area (TPSA) is 92.2 Å². The van der Waals surface area contributed by atoms with Crippen molar-refractivity contribution >= 4 is 11.9 Å². The molecular formula is C16H17N3O3. The van der Waals surface area contributed by atoms with Crippen LogP contribution >= 0.6 is 0 Å². The Balaban J connectivity index is 2.23. The molecule has 2 rings (SSSR count). The summed E-state index contributed by atoms with van der Waals surface area (Å²) in [7, 11) is 0. The number of aromatic nitrogens is 2. The van der Waals surface area contributed by atoms with E-state index in [0.717, 1.165) is 5.56 Å². The number of carboxylic acids is 1. The standard InChI is InChI=1S/C16H17N3O3/c1-10-13(9-17-11(2)18-10)16(22)19-14(8-15(20)21)12-6-4-3-5-7-12/h3-7,9,14H,8H2,1-2H3,(H,19,22)(H,20,21). The summed E-state index contributed by atoms with van der Waals surface area (Å²) >= 11 is 0. The molecule has 1 aromatic heterocycles. The Labute approximate surface area is 128 Å². The molecule has 2 N–H and O–H groups in total. The van der Waals surface area contributed by atoms with Crippen LogP contribution in [-0.2, 0) is 4.79 Å². The second-order valence-electron chi connectivity index (χ2n) is 4.95. The second-order valence-corrected chi connectivity index (χ2v) is 4.95. The number of amides is 1. The molecule has 0 saturated carbocycles. The van der Waals surface area contributed by atoms with E-state index >= 15 is 0 Å². The fourth-order valence-electron chi connectivity index (χ4n) is 2.15. The van der Waals surface area contributed by atoms with Crippen molar-refractivity contribution in [3.05, 3.63) is 59.2 Å². The lowest BCUT2D eigenvalue weighted by molar-refractivity contribution is -0.137. The Morgan fingerprint density at radius 1 is 1.23 bits per heavy atom. The predicted octanol–water partition coefficient (Wildman–Crippen LogP) is 2.04. The first-order valence-electron chi connectivity index (χ1n) is 6.85. The maximum atomic E-state index is 12.4. The van der Waals surface area contributed by atoms with Gasteiger partial charge in [-0.1, -0.05) is 30.3 Å². The molecule has 2 aromatic rings. The van der Waals surface area contributed by atoms with Crippen molar-refractivity contribution in [2.45, 2.75) is 26.3 Å². The molecule has 1 atom stereocenters. The molecule has 0 aliphatic rings. The number of carboxylic acid groups (broad SMARTS) is 1. The van der Waals surface area contributed by atoms with Crippen LogP contribution in [0.25, 0.3) is 0 Å². The molecule has 6 nitrogen and oxygen atoms in total. The van der Waals surface area contributed by atoms with Gasteiger partial charge in [0.25, 0.3) is 5.91 Å². The number of nitrogens with zero attached hydrogens (tertiary/aromatic N) is 2. The van der Waals surface area contributed by atoms with E-state index in [1.54, 1.807) is 38.1 Å². The third-order valence-electron chi connectivity index (χ3n) is 3.23. The van der Waals surface area contributed by atoms with E-state index in [1.165, 1.54) is 6.20 Å². The molecule has 0 aliphatic carbocycles. The molecule has 1 aromatic carbocycles. The molecule has 0 fully saturated rings. The number of aryl methyl sites for hydroxylation is 2. The minimum Gasteiger partial charge on any atom is -0.481 e. The molecule has 0 bridgehead atoms. The van der Waals surface area contributed by atoms with Crippen molar-refractivity contribution in [3.63, 3.8) is 0 Å². The highest BCUT2D eigenvalue weighted by Crippen LogP contribution is 2.17. The van der Waals surface area contributed by atoms with Crippen molar-refractivity contribution in [1.82, 2.24) is 15.3 Å². The summed E-state index contributed by atoms with van der Waals surface area (Å²) in [6, 6.07) is 8.40. The van der Waals surface area contributed by atoms with Gasteiger partial charge in [-0.05, 0) is 19.4 Å². The van der Waals surface area contributed by atoms with E-state index in [2.05, 4.69) is 15.3 Å². The summed E-state index contributed by atoms with van der Waals surface area (Å²) in [4.78, 5) is 31.6. The zero-order valence-electron chi connectivity index (χ0n) is 12.4. The summed E-state index contributed by atoms with van der Waals surface area (Å²) in [5, 5.41) is 11.8. The maximum Gasteiger partial charge on any atom is 0.305 e. The first kappa shape index (κ1) is 15.6. The summed E-state index contributed by atoms with van der Waals surface area (Å²) in [5.74, 6) is -0.780. The van der Waals surface area contributed by atoms with E-state index < -0.39 is 12.0 Å². The van der Waals surface area contributed by atoms with Gasteiger partial charge >= 0.3 is 5.97 Å². The largest absolute Gasteiger partial charge is 0.481 e. The molecule has 1 heterocycles. The van der Waals surface area contributed by atoms with E-state index in [1.807, 2.05) is 6.07 Å². The summed E-state index contributed by atoms with van der Waals surface area (Å²) in [6.07, 6.45) is 1.26. The molecule has 0 radical (unpaired) electrons. The smallest absolute Gasteiger partial charge is 0.305 e. The number of rotatable bonds is 5. The van der Waals surface area contributed by atoms with Crippen molar-refractivity contribution in [3.8, 4) is 0 Å². The van der Waals surface area contributed by atoms with Gasteiger partial charge < -0.3 is 10.4 Å². The third kappa shape index (κ3) is 3.88. The summed E-state index contributed by atoms with van der Waals surface area (Å²) in [5.41, 5.74) is 1.65. The number of carbonyl (C=O) groups excluding carboxylic acids is 1. The van der Waals surface area contributed by atoms with E-state index in [9.17, 15) is 9.59 Å². The minimum atomic E-state index is -0.981. The van der Waals surface area contributed by atoms with E-state index in [-0.39, 0.29) is 12.3 Å². The van der Waals surface area contributed by atoms with Gasteiger partial charge in [0.15, 0.2) is 0 Å². The van der Waals surface area contributed by atoms with Crippen molar-refractivity contribution < 1.29 is 14.7 Å². The predicted molar refractivity (Wildman–Crippen MR) is 80.4 cm³/mol. The fourth-order valence-corrected chi connectivity index (χ4v) is 2.15. The molecule has 114 valence electrons. The number of hydrogen-bond donors (Lipinski definition) is 2. The number of aliphatic carboxylic acids is 1. The Morgan fingerprint density at radius 3 is 2.50 bits per heavy atom. The third-order valence-corrected chi connectivity index (χ3v) is 3.23. The molecule has 0 spiro atoms. The van der Waals surface area contributed by atoms with Gasteiger partial charge in [0.2, 0.25) is 0 Å². The van der Waals surface area contributed by atoms with Crippen LogP contribution in [0.1, 0.15) is 39.9 Å². The lowest BCUT2D eigenvalue weighted by Crippen LogP contribution is -2.31. The van der Waals surface area contributed by atoms with Crippen LogP contribution in [0.5, 0.6) is 0 Å². The van der Waals surface area contributed by atoms with Gasteiger partial charge in [-0.15, -0.1) is 0 Å². The molecule has 1 amide bonds. The Morgan fingerprint density at radius 2 is 1.91 bits per heavy atom. The van der Waals surface area contributed by atoms with Crippen LogP contribution < -0.4 is 5.32 Å². The molecular weight excluding hydrogens is 282 g/mol. The summed E-state index contributed by atoms with van der Waals surface area (Å²) < 4.78 is 0. The van der Waals surface area contributed by atoms with Gasteiger partial charge in [0.05, 0.1) is 23.7 Å².